The number of aryl methyl sites for hydroxylation is 1. The van der Waals surface area contributed by atoms with Crippen LogP contribution in [0, 0.1) is 0 Å². The third-order valence-electron chi connectivity index (χ3n) is 1.28. The molecule has 0 saturated heterocycles. The molecule has 0 aromatic carbocycles. The molecule has 1 aromatic rings. The van der Waals surface area contributed by atoms with E-state index in [4.69, 9.17) is 4.42 Å². The highest BCUT2D eigenvalue weighted by atomic mass is 16.4. The first kappa shape index (κ1) is 7.28. The van der Waals surface area contributed by atoms with Gasteiger partial charge in [0.1, 0.15) is 5.76 Å². The second-order valence-corrected chi connectivity index (χ2v) is 2.10. The van der Waals surface area contributed by atoms with Crippen LogP contribution in [0.25, 0.3) is 0 Å². The normalized spacial score (nSPS) is 10.2. The van der Waals surface area contributed by atoms with Gasteiger partial charge >= 0.3 is 0 Å². The Morgan fingerprint density at radius 1 is 1.70 bits per heavy atom. The van der Waals surface area contributed by atoms with Crippen LogP contribution in [0.5, 0.6) is 0 Å². The maximum absolute atomic E-state index is 5.30. The molecule has 1 N–H and O–H groups in total. The smallest absolute Gasteiger partial charge is 0.208 e. The minimum absolute atomic E-state index is 0.708. The lowest BCUT2D eigenvalue weighted by molar-refractivity contribution is 0.448. The summed E-state index contributed by atoms with van der Waals surface area (Å²) >= 11 is 0. The maximum atomic E-state index is 5.30. The molecule has 0 amide bonds. The van der Waals surface area contributed by atoms with Crippen molar-refractivity contribution in [2.75, 3.05) is 7.05 Å². The van der Waals surface area contributed by atoms with Crippen molar-refractivity contribution in [2.24, 2.45) is 0 Å². The van der Waals surface area contributed by atoms with E-state index in [2.05, 4.69) is 10.3 Å². The molecule has 3 nitrogen and oxygen atoms in total. The fraction of sp³-hybridized carbons (Fsp3) is 0.571. The van der Waals surface area contributed by atoms with E-state index in [1.54, 1.807) is 6.20 Å². The van der Waals surface area contributed by atoms with Crippen molar-refractivity contribution in [2.45, 2.75) is 19.9 Å². The van der Waals surface area contributed by atoms with Gasteiger partial charge in [-0.25, -0.2) is 4.98 Å². The number of nitrogens with one attached hydrogen (secondary N) is 1. The summed E-state index contributed by atoms with van der Waals surface area (Å²) in [6.45, 7) is 2.75. The summed E-state index contributed by atoms with van der Waals surface area (Å²) in [6.07, 6.45) is 2.68. The molecule has 0 atom stereocenters. The molecule has 0 aliphatic carbocycles. The first-order valence-corrected chi connectivity index (χ1v) is 3.45. The van der Waals surface area contributed by atoms with Crippen LogP contribution in [-0.4, -0.2) is 12.0 Å². The van der Waals surface area contributed by atoms with Crippen molar-refractivity contribution >= 4 is 0 Å². The zero-order valence-corrected chi connectivity index (χ0v) is 6.35. The monoisotopic (exact) mass is 140 g/mol. The Labute approximate surface area is 60.5 Å². The quantitative estimate of drug-likeness (QED) is 0.679. The summed E-state index contributed by atoms with van der Waals surface area (Å²) in [5.74, 6) is 1.71. The molecule has 0 aliphatic rings. The molecule has 0 unspecified atom stereocenters. The second-order valence-electron chi connectivity index (χ2n) is 2.10. The van der Waals surface area contributed by atoms with Crippen LogP contribution in [0.1, 0.15) is 18.6 Å². The summed E-state index contributed by atoms with van der Waals surface area (Å²) in [5, 5.41) is 2.97. The van der Waals surface area contributed by atoms with Crippen LogP contribution in [0.15, 0.2) is 10.6 Å². The predicted octanol–water partition coefficient (Wildman–Crippen LogP) is 0.956. The van der Waals surface area contributed by atoms with Crippen molar-refractivity contribution in [1.82, 2.24) is 10.3 Å². The molecular weight excluding hydrogens is 128 g/mol. The topological polar surface area (TPSA) is 38.1 Å². The molecule has 10 heavy (non-hydrogen) atoms. The van der Waals surface area contributed by atoms with E-state index in [0.717, 1.165) is 18.1 Å². The van der Waals surface area contributed by atoms with Crippen molar-refractivity contribution in [3.05, 3.63) is 17.8 Å². The molecule has 0 spiro atoms. The minimum Gasteiger partial charge on any atom is -0.444 e. The van der Waals surface area contributed by atoms with Gasteiger partial charge in [0.25, 0.3) is 0 Å². The van der Waals surface area contributed by atoms with E-state index in [1.807, 2.05) is 14.0 Å². The third kappa shape index (κ3) is 1.57. The maximum Gasteiger partial charge on any atom is 0.208 e. The molecule has 0 aliphatic heterocycles. The molecule has 56 valence electrons. The molecule has 1 heterocycles. The van der Waals surface area contributed by atoms with Gasteiger partial charge in [0.05, 0.1) is 12.7 Å². The Balaban J connectivity index is 2.59. The molecule has 0 radical (unpaired) electrons. The number of hydrogen-bond acceptors (Lipinski definition) is 3. The number of nitrogens with zero attached hydrogens (tertiary/aromatic N) is 1. The molecular formula is C7H12N2O. The Kier molecular flexibility index (Phi) is 2.45. The second kappa shape index (κ2) is 3.37. The Bertz CT molecular complexity index is 195. The van der Waals surface area contributed by atoms with E-state index in [-0.39, 0.29) is 0 Å². The van der Waals surface area contributed by atoms with E-state index in [9.17, 15) is 0 Å². The summed E-state index contributed by atoms with van der Waals surface area (Å²) in [5.41, 5.74) is 0. The molecule has 0 fully saturated rings. The molecule has 0 saturated carbocycles. The fourth-order valence-electron chi connectivity index (χ4n) is 0.744. The first-order valence-electron chi connectivity index (χ1n) is 3.45. The van der Waals surface area contributed by atoms with Crippen LogP contribution in [0.4, 0.5) is 0 Å². The van der Waals surface area contributed by atoms with Crippen molar-refractivity contribution < 1.29 is 4.42 Å². The van der Waals surface area contributed by atoms with Crippen molar-refractivity contribution in [3.8, 4) is 0 Å². The summed E-state index contributed by atoms with van der Waals surface area (Å²) in [7, 11) is 1.87. The lowest BCUT2D eigenvalue weighted by atomic mass is 10.4. The largest absolute Gasteiger partial charge is 0.444 e. The van der Waals surface area contributed by atoms with E-state index < -0.39 is 0 Å². The van der Waals surface area contributed by atoms with Gasteiger partial charge in [-0.3, -0.25) is 0 Å². The average molecular weight is 140 g/mol. The summed E-state index contributed by atoms with van der Waals surface area (Å²) < 4.78 is 5.30. The Hall–Kier alpha value is -0.830. The predicted molar refractivity (Wildman–Crippen MR) is 38.6 cm³/mol. The van der Waals surface area contributed by atoms with Gasteiger partial charge in [-0.05, 0) is 7.05 Å². The van der Waals surface area contributed by atoms with Gasteiger partial charge < -0.3 is 9.73 Å². The van der Waals surface area contributed by atoms with Gasteiger partial charge in [-0.2, -0.15) is 0 Å². The van der Waals surface area contributed by atoms with Crippen LogP contribution in [0.2, 0.25) is 0 Å². The van der Waals surface area contributed by atoms with Crippen molar-refractivity contribution in [1.29, 1.82) is 0 Å². The first-order chi connectivity index (χ1) is 4.86. The Morgan fingerprint density at radius 3 is 3.00 bits per heavy atom. The minimum atomic E-state index is 0.708. The van der Waals surface area contributed by atoms with Crippen LogP contribution in [-0.2, 0) is 13.0 Å². The average Bonchev–Trinajstić information content (AvgIpc) is 2.37. The highest BCUT2D eigenvalue weighted by Crippen LogP contribution is 2.02. The van der Waals surface area contributed by atoms with Gasteiger partial charge in [0, 0.05) is 6.42 Å². The summed E-state index contributed by atoms with van der Waals surface area (Å²) in [6, 6.07) is 0. The Morgan fingerprint density at radius 2 is 2.50 bits per heavy atom. The van der Waals surface area contributed by atoms with E-state index >= 15 is 0 Å². The van der Waals surface area contributed by atoms with Gasteiger partial charge in [-0.15, -0.1) is 0 Å². The number of rotatable bonds is 3. The van der Waals surface area contributed by atoms with Crippen LogP contribution < -0.4 is 5.32 Å². The van der Waals surface area contributed by atoms with E-state index in [1.165, 1.54) is 0 Å². The fourth-order valence-corrected chi connectivity index (χ4v) is 0.744. The number of hydrogen-bond donors (Lipinski definition) is 1. The third-order valence-corrected chi connectivity index (χ3v) is 1.28. The number of oxazole rings is 1. The van der Waals surface area contributed by atoms with Gasteiger partial charge in [0.2, 0.25) is 5.89 Å². The zero-order chi connectivity index (χ0) is 7.40. The molecule has 1 aromatic heterocycles. The lowest BCUT2D eigenvalue weighted by Gasteiger charge is -1.89. The highest BCUT2D eigenvalue weighted by molar-refractivity contribution is 4.92. The van der Waals surface area contributed by atoms with Gasteiger partial charge in [0.15, 0.2) is 0 Å². The highest BCUT2D eigenvalue weighted by Gasteiger charge is 1.98. The SMILES string of the molecule is CCc1cnc(CNC)o1. The standard InChI is InChI=1S/C7H12N2O/c1-3-6-4-9-7(10-6)5-8-2/h4,8H,3,5H2,1-2H3. The molecule has 1 rings (SSSR count). The van der Waals surface area contributed by atoms with Crippen LogP contribution >= 0.6 is 0 Å². The van der Waals surface area contributed by atoms with Gasteiger partial charge in [-0.1, -0.05) is 6.92 Å². The molecule has 3 heteroatoms. The lowest BCUT2D eigenvalue weighted by Crippen LogP contribution is -2.04. The van der Waals surface area contributed by atoms with Crippen molar-refractivity contribution in [3.63, 3.8) is 0 Å². The summed E-state index contributed by atoms with van der Waals surface area (Å²) in [4.78, 5) is 4.05. The zero-order valence-electron chi connectivity index (χ0n) is 6.35. The number of aromatic nitrogens is 1. The molecule has 0 bridgehead atoms. The van der Waals surface area contributed by atoms with E-state index in [0.29, 0.717) is 6.54 Å². The van der Waals surface area contributed by atoms with Crippen LogP contribution in [0.3, 0.4) is 0 Å².